The Morgan fingerprint density at radius 1 is 0.933 bits per heavy atom. The monoisotopic (exact) mass is 544 g/mol. The van der Waals surface area contributed by atoms with Crippen molar-refractivity contribution in [1.82, 2.24) is 0 Å². The lowest BCUT2D eigenvalue weighted by Gasteiger charge is -1.97. The molecule has 30 heavy (non-hydrogen) atoms. The van der Waals surface area contributed by atoms with Crippen molar-refractivity contribution in [3.8, 4) is 0 Å². The Balaban J connectivity index is 0.00000256. The highest BCUT2D eigenvalue weighted by Crippen LogP contribution is 2.40. The lowest BCUT2D eigenvalue weighted by molar-refractivity contribution is -0.665. The number of hydrogen-bond acceptors (Lipinski definition) is 3. The predicted molar refractivity (Wildman–Crippen MR) is 128 cm³/mol. The van der Waals surface area contributed by atoms with E-state index in [1.165, 1.54) is 31.4 Å². The topological polar surface area (TPSA) is 15.9 Å². The van der Waals surface area contributed by atoms with Crippen LogP contribution in [0.2, 0.25) is 0 Å². The predicted octanol–water partition coefficient (Wildman–Crippen LogP) is 3.96. The average molecular weight is 545 g/mol. The molecule has 0 amide bonds. The minimum absolute atomic E-state index is 0. The molecule has 0 atom stereocenters. The van der Waals surface area contributed by atoms with Gasteiger partial charge in [0.2, 0.25) is 5.52 Å². The number of halogens is 1. The second-order valence-corrected chi connectivity index (χ2v) is 8.83. The van der Waals surface area contributed by atoms with E-state index in [-0.39, 0.29) is 24.0 Å². The second-order valence-electron chi connectivity index (χ2n) is 6.69. The molecule has 1 N–H and O–H groups in total. The molecular formula is C25H25IN2S2. The zero-order valence-corrected chi connectivity index (χ0v) is 20.9. The number of allylic oxidation sites excluding steroid dienone is 6. The minimum atomic E-state index is 0. The quantitative estimate of drug-likeness (QED) is 0.287. The van der Waals surface area contributed by atoms with Gasteiger partial charge in [0, 0.05) is 16.5 Å². The Morgan fingerprint density at radius 2 is 1.73 bits per heavy atom. The third kappa shape index (κ3) is 5.07. The van der Waals surface area contributed by atoms with E-state index in [1.54, 1.807) is 11.8 Å². The number of aromatic nitrogens is 1. The van der Waals surface area contributed by atoms with E-state index in [1.807, 2.05) is 11.3 Å². The van der Waals surface area contributed by atoms with Crippen molar-refractivity contribution >= 4 is 45.1 Å². The molecule has 3 aromatic rings. The zero-order valence-electron chi connectivity index (χ0n) is 17.1. The molecule has 1 aliphatic heterocycles. The molecule has 0 unspecified atom stereocenters. The number of hydrogen-bond donors (Lipinski definition) is 1. The fraction of sp³-hybridized carbons (Fsp3) is 0.160. The number of aryl methyl sites for hydroxylation is 2. The van der Waals surface area contributed by atoms with Crippen LogP contribution in [0.1, 0.15) is 24.4 Å². The van der Waals surface area contributed by atoms with Gasteiger partial charge in [0.05, 0.1) is 10.7 Å². The van der Waals surface area contributed by atoms with Crippen LogP contribution in [0.25, 0.3) is 16.3 Å². The summed E-state index contributed by atoms with van der Waals surface area (Å²) in [6.07, 6.45) is 15.8. The summed E-state index contributed by atoms with van der Waals surface area (Å²) in [4.78, 5) is 1.28. The summed E-state index contributed by atoms with van der Waals surface area (Å²) in [7, 11) is 0. The van der Waals surface area contributed by atoms with Gasteiger partial charge in [-0.05, 0) is 37.6 Å². The summed E-state index contributed by atoms with van der Waals surface area (Å²) in [5.74, 6) is 0. The standard InChI is InChI=1S/C25H24N2S2.HI/c1-3-19-13-12-16-22-25(19)27(4-2)24(29-22)18-9-7-5-6-8-17-23-26-20-14-10-11-15-21(20)28-23;/h5-18H,3-4H2,1-2H3;1H. The van der Waals surface area contributed by atoms with Crippen molar-refractivity contribution in [2.45, 2.75) is 31.7 Å². The first kappa shape index (κ1) is 22.8. The van der Waals surface area contributed by atoms with Gasteiger partial charge in [-0.3, -0.25) is 0 Å². The van der Waals surface area contributed by atoms with Crippen LogP contribution in [0.5, 0.6) is 0 Å². The fourth-order valence-corrected chi connectivity index (χ4v) is 5.55. The molecule has 0 bridgehead atoms. The maximum absolute atomic E-state index is 3.43. The maximum Gasteiger partial charge on any atom is 0.262 e. The smallest absolute Gasteiger partial charge is 0.262 e. The largest absolute Gasteiger partial charge is 1.00 e. The average Bonchev–Trinajstić information content (AvgIpc) is 3.33. The van der Waals surface area contributed by atoms with Gasteiger partial charge < -0.3 is 29.3 Å². The zero-order chi connectivity index (χ0) is 20.1. The van der Waals surface area contributed by atoms with Crippen LogP contribution in [0, 0.1) is 0 Å². The van der Waals surface area contributed by atoms with Crippen molar-refractivity contribution in [2.24, 2.45) is 0 Å². The Kier molecular flexibility index (Phi) is 8.36. The highest BCUT2D eigenvalue weighted by Gasteiger charge is 2.19. The minimum Gasteiger partial charge on any atom is -1.00 e. The fourth-order valence-electron chi connectivity index (χ4n) is 3.44. The molecule has 1 aliphatic rings. The van der Waals surface area contributed by atoms with Crippen LogP contribution in [0.15, 0.2) is 88.8 Å². The maximum atomic E-state index is 3.43. The molecule has 0 saturated heterocycles. The third-order valence-corrected chi connectivity index (χ3v) is 6.97. The van der Waals surface area contributed by atoms with E-state index in [0.29, 0.717) is 0 Å². The second kappa shape index (κ2) is 11.0. The van der Waals surface area contributed by atoms with Gasteiger partial charge in [-0.15, -0.1) is 0 Å². The molecular weight excluding hydrogens is 519 g/mol. The Hall–Kier alpha value is -1.83. The van der Waals surface area contributed by atoms with Crippen LogP contribution < -0.4 is 33.9 Å². The van der Waals surface area contributed by atoms with E-state index in [2.05, 4.69) is 109 Å². The summed E-state index contributed by atoms with van der Waals surface area (Å²) >= 11 is 3.63. The van der Waals surface area contributed by atoms with Crippen LogP contribution in [-0.4, -0.2) is 0 Å². The van der Waals surface area contributed by atoms with Crippen LogP contribution in [-0.2, 0) is 13.0 Å². The number of thiazole rings is 1. The van der Waals surface area contributed by atoms with E-state index in [4.69, 9.17) is 0 Å². The number of rotatable bonds is 6. The number of benzene rings is 2. The normalized spacial score (nSPS) is 14.8. The van der Waals surface area contributed by atoms with E-state index in [9.17, 15) is 0 Å². The van der Waals surface area contributed by atoms with Crippen molar-refractivity contribution in [3.63, 3.8) is 0 Å². The number of anilines is 1. The number of nitrogens with zero attached hydrogens (tertiary/aromatic N) is 1. The first-order valence-corrected chi connectivity index (χ1v) is 11.6. The highest BCUT2D eigenvalue weighted by atomic mass is 127. The van der Waals surface area contributed by atoms with Crippen LogP contribution >= 0.6 is 23.1 Å². The lowest BCUT2D eigenvalue weighted by atomic mass is 10.1. The first-order chi connectivity index (χ1) is 14.3. The molecule has 154 valence electrons. The molecule has 0 radical (unpaired) electrons. The van der Waals surface area contributed by atoms with E-state index in [0.717, 1.165) is 18.0 Å². The first-order valence-electron chi connectivity index (χ1n) is 10.00. The SMILES string of the molecule is CCc1cccc2sc(C=CC=CC=CC=C3Nc4ccccc4S3)[n+](CC)c12.[I-]. The molecule has 2 aromatic carbocycles. The highest BCUT2D eigenvalue weighted by molar-refractivity contribution is 8.03. The Bertz CT molecular complexity index is 1110. The van der Waals surface area contributed by atoms with E-state index >= 15 is 0 Å². The van der Waals surface area contributed by atoms with Gasteiger partial charge in [-0.2, -0.15) is 4.57 Å². The molecule has 4 rings (SSSR count). The van der Waals surface area contributed by atoms with Crippen LogP contribution in [0.4, 0.5) is 5.69 Å². The molecule has 0 spiro atoms. The van der Waals surface area contributed by atoms with Crippen molar-refractivity contribution in [1.29, 1.82) is 0 Å². The summed E-state index contributed by atoms with van der Waals surface area (Å²) in [5.41, 5.74) is 4.00. The summed E-state index contributed by atoms with van der Waals surface area (Å²) in [5, 5.41) is 5.88. The molecule has 0 fully saturated rings. The van der Waals surface area contributed by atoms with Crippen molar-refractivity contribution < 1.29 is 28.5 Å². The van der Waals surface area contributed by atoms with Gasteiger partial charge >= 0.3 is 0 Å². The van der Waals surface area contributed by atoms with Crippen LogP contribution in [0.3, 0.4) is 0 Å². The molecule has 1 aromatic heterocycles. The van der Waals surface area contributed by atoms with Gasteiger partial charge in [0.1, 0.15) is 11.2 Å². The van der Waals surface area contributed by atoms with Crippen molar-refractivity contribution in [3.05, 3.63) is 94.5 Å². The van der Waals surface area contributed by atoms with E-state index < -0.39 is 0 Å². The third-order valence-electron chi connectivity index (χ3n) is 4.83. The van der Waals surface area contributed by atoms with Gasteiger partial charge in [0.25, 0.3) is 5.01 Å². The van der Waals surface area contributed by atoms with Crippen molar-refractivity contribution in [2.75, 3.05) is 5.32 Å². The van der Waals surface area contributed by atoms with Gasteiger partial charge in [0.15, 0.2) is 0 Å². The molecule has 2 nitrogen and oxygen atoms in total. The summed E-state index contributed by atoms with van der Waals surface area (Å²) in [6.45, 7) is 5.43. The Morgan fingerprint density at radius 3 is 2.53 bits per heavy atom. The molecule has 0 saturated carbocycles. The summed E-state index contributed by atoms with van der Waals surface area (Å²) < 4.78 is 3.79. The lowest BCUT2D eigenvalue weighted by Crippen LogP contribution is -3.00. The van der Waals surface area contributed by atoms with Gasteiger partial charge in [-0.25, -0.2) is 0 Å². The number of thioether (sulfide) groups is 1. The molecule has 0 aliphatic carbocycles. The molecule has 5 heteroatoms. The Labute approximate surface area is 204 Å². The summed E-state index contributed by atoms with van der Waals surface area (Å²) in [6, 6.07) is 15.0. The number of para-hydroxylation sites is 2. The molecule has 2 heterocycles. The number of fused-ring (bicyclic) bond motifs is 2. The van der Waals surface area contributed by atoms with Gasteiger partial charge in [-0.1, -0.05) is 84.7 Å². The number of nitrogens with one attached hydrogen (secondary N) is 1.